The van der Waals surface area contributed by atoms with Crippen LogP contribution in [0, 0.1) is 0 Å². The first-order valence-electron chi connectivity index (χ1n) is 12.7. The summed E-state index contributed by atoms with van der Waals surface area (Å²) in [5.74, 6) is 0.909. The van der Waals surface area contributed by atoms with E-state index in [1.54, 1.807) is 22.8 Å². The molecule has 1 fully saturated rings. The lowest BCUT2D eigenvalue weighted by Crippen LogP contribution is -2.48. The highest BCUT2D eigenvalue weighted by atomic mass is 32.2. The van der Waals surface area contributed by atoms with Crippen LogP contribution >= 0.6 is 0 Å². The molecule has 1 saturated heterocycles. The van der Waals surface area contributed by atoms with Crippen molar-refractivity contribution in [3.05, 3.63) is 35.0 Å². The van der Waals surface area contributed by atoms with E-state index in [0.717, 1.165) is 19.4 Å². The Kier molecular flexibility index (Phi) is 7.01. The average Bonchev–Trinajstić information content (AvgIpc) is 3.58. The zero-order chi connectivity index (χ0) is 26.2. The molecule has 1 aliphatic rings. The van der Waals surface area contributed by atoms with E-state index in [1.165, 1.54) is 15.0 Å². The van der Waals surface area contributed by atoms with Crippen LogP contribution in [0.4, 0.5) is 0 Å². The van der Waals surface area contributed by atoms with E-state index in [2.05, 4.69) is 27.0 Å². The maximum Gasteiger partial charge on any atom is 0.336 e. The number of benzene rings is 1. The van der Waals surface area contributed by atoms with Crippen molar-refractivity contribution >= 4 is 26.8 Å². The lowest BCUT2D eigenvalue weighted by molar-refractivity contribution is 0.196. The lowest BCUT2D eigenvalue weighted by atomic mass is 10.2. The third-order valence-corrected chi connectivity index (χ3v) is 8.57. The second kappa shape index (κ2) is 10.2. The molecule has 5 rings (SSSR count). The van der Waals surface area contributed by atoms with Crippen LogP contribution in [0.5, 0.6) is 5.75 Å². The van der Waals surface area contributed by atoms with Crippen molar-refractivity contribution < 1.29 is 13.2 Å². The number of piperazine rings is 1. The number of aryl methyl sites for hydroxylation is 1. The quantitative estimate of drug-likeness (QED) is 0.349. The minimum absolute atomic E-state index is 0.176. The molecule has 0 bridgehead atoms. The molecule has 198 valence electrons. The molecule has 0 atom stereocenters. The van der Waals surface area contributed by atoms with Gasteiger partial charge in [-0.3, -0.25) is 4.57 Å². The molecule has 3 aromatic heterocycles. The highest BCUT2D eigenvalue weighted by Crippen LogP contribution is 2.33. The van der Waals surface area contributed by atoms with Crippen LogP contribution in [-0.4, -0.2) is 86.1 Å². The molecule has 37 heavy (non-hydrogen) atoms. The molecule has 0 radical (unpaired) electrons. The highest BCUT2D eigenvalue weighted by molar-refractivity contribution is 7.89. The fraction of sp³-hybridized carbons (Fsp3) is 0.500. The topological polar surface area (TPSA) is 131 Å². The van der Waals surface area contributed by atoms with Gasteiger partial charge in [-0.25, -0.2) is 22.6 Å². The maximum atomic E-state index is 13.6. The fourth-order valence-corrected chi connectivity index (χ4v) is 6.11. The highest BCUT2D eigenvalue weighted by Gasteiger charge is 2.29. The number of aromatic amines is 1. The normalized spacial score (nSPS) is 15.6. The Morgan fingerprint density at radius 1 is 1.05 bits per heavy atom. The number of hydrogen-bond donors (Lipinski definition) is 1. The first-order chi connectivity index (χ1) is 17.9. The van der Waals surface area contributed by atoms with Gasteiger partial charge in [-0.05, 0) is 37.6 Å². The minimum Gasteiger partial charge on any atom is -0.493 e. The largest absolute Gasteiger partial charge is 0.493 e. The number of nitrogens with one attached hydrogen (secondary N) is 1. The summed E-state index contributed by atoms with van der Waals surface area (Å²) >= 11 is 0. The van der Waals surface area contributed by atoms with E-state index in [-0.39, 0.29) is 10.6 Å². The summed E-state index contributed by atoms with van der Waals surface area (Å²) in [4.78, 5) is 23.5. The number of fused-ring (bicyclic) bond motifs is 3. The second-order valence-electron chi connectivity index (χ2n) is 9.09. The molecule has 0 saturated carbocycles. The Morgan fingerprint density at radius 3 is 2.54 bits per heavy atom. The smallest absolute Gasteiger partial charge is 0.336 e. The van der Waals surface area contributed by atoms with E-state index in [9.17, 15) is 13.2 Å². The van der Waals surface area contributed by atoms with Crippen molar-refractivity contribution in [2.24, 2.45) is 0 Å². The summed E-state index contributed by atoms with van der Waals surface area (Å²) in [7, 11) is -3.71. The molecule has 12 nitrogen and oxygen atoms in total. The lowest BCUT2D eigenvalue weighted by Gasteiger charge is -2.33. The standard InChI is InChI=1S/C24H32N8O4S/c1-4-9-31-22-20(23-28-25-16-32(23)24(31)33)26-21(27-22)18-15-17(7-8-19(18)36-14-5-2)37(34,35)30-12-10-29(6-3)11-13-30/h7-8,15-16H,4-6,9-14H2,1-3H3,(H,26,27). The summed E-state index contributed by atoms with van der Waals surface area (Å²) in [5, 5.41) is 8.01. The predicted octanol–water partition coefficient (Wildman–Crippen LogP) is 1.96. The van der Waals surface area contributed by atoms with Crippen LogP contribution in [0.3, 0.4) is 0 Å². The zero-order valence-corrected chi connectivity index (χ0v) is 22.2. The van der Waals surface area contributed by atoms with Gasteiger partial charge in [-0.15, -0.1) is 10.2 Å². The monoisotopic (exact) mass is 528 g/mol. The SMILES string of the molecule is CCCOc1ccc(S(=O)(=O)N2CCN(CC)CC2)cc1-c1nc2c([nH]1)c1nncn1c(=O)n2CCC. The van der Waals surface area contributed by atoms with E-state index in [4.69, 9.17) is 9.72 Å². The number of H-pyrrole nitrogens is 1. The Hall–Kier alpha value is -3.29. The summed E-state index contributed by atoms with van der Waals surface area (Å²) in [5.41, 5.74) is 1.57. The zero-order valence-electron chi connectivity index (χ0n) is 21.3. The van der Waals surface area contributed by atoms with Crippen molar-refractivity contribution in [2.75, 3.05) is 39.3 Å². The fourth-order valence-electron chi connectivity index (χ4n) is 4.66. The number of imidazole rings is 1. The van der Waals surface area contributed by atoms with Crippen LogP contribution in [-0.2, 0) is 16.6 Å². The Bertz CT molecular complexity index is 1580. The first kappa shape index (κ1) is 25.4. The number of rotatable bonds is 9. The molecule has 13 heteroatoms. The number of aromatic nitrogens is 6. The van der Waals surface area contributed by atoms with Gasteiger partial charge in [0.05, 0.1) is 17.1 Å². The van der Waals surface area contributed by atoms with Gasteiger partial charge < -0.3 is 14.6 Å². The Labute approximate surface area is 214 Å². The molecule has 0 amide bonds. The van der Waals surface area contributed by atoms with Crippen LogP contribution < -0.4 is 10.4 Å². The van der Waals surface area contributed by atoms with Crippen molar-refractivity contribution in [1.29, 1.82) is 0 Å². The molecular formula is C24H32N8O4S. The Morgan fingerprint density at radius 2 is 1.84 bits per heavy atom. The molecule has 0 aliphatic carbocycles. The summed E-state index contributed by atoms with van der Waals surface area (Å²) in [6.45, 7) is 10.2. The predicted molar refractivity (Wildman–Crippen MR) is 139 cm³/mol. The van der Waals surface area contributed by atoms with Gasteiger partial charge in [0.1, 0.15) is 23.4 Å². The third-order valence-electron chi connectivity index (χ3n) is 6.68. The van der Waals surface area contributed by atoms with Crippen molar-refractivity contribution in [3.8, 4) is 17.1 Å². The van der Waals surface area contributed by atoms with Gasteiger partial charge >= 0.3 is 5.69 Å². The molecular weight excluding hydrogens is 496 g/mol. The van der Waals surface area contributed by atoms with Crippen LogP contribution in [0.2, 0.25) is 0 Å². The molecule has 1 aromatic carbocycles. The van der Waals surface area contributed by atoms with Crippen molar-refractivity contribution in [2.45, 2.75) is 45.1 Å². The molecule has 4 aromatic rings. The van der Waals surface area contributed by atoms with Gasteiger partial charge in [0.15, 0.2) is 11.3 Å². The number of nitrogens with zero attached hydrogens (tertiary/aromatic N) is 7. The summed E-state index contributed by atoms with van der Waals surface area (Å²) in [6.07, 6.45) is 2.90. The Balaban J connectivity index is 1.64. The van der Waals surface area contributed by atoms with E-state index < -0.39 is 10.0 Å². The van der Waals surface area contributed by atoms with E-state index in [0.29, 0.717) is 73.3 Å². The number of sulfonamides is 1. The van der Waals surface area contributed by atoms with Crippen LogP contribution in [0.1, 0.15) is 33.6 Å². The average molecular weight is 529 g/mol. The first-order valence-corrected chi connectivity index (χ1v) is 14.1. The van der Waals surface area contributed by atoms with E-state index >= 15 is 0 Å². The molecule has 1 N–H and O–H groups in total. The molecule has 0 unspecified atom stereocenters. The number of ether oxygens (including phenoxy) is 1. The number of likely N-dealkylation sites (N-methyl/N-ethyl adjacent to an activating group) is 1. The van der Waals surface area contributed by atoms with Crippen LogP contribution in [0.15, 0.2) is 34.2 Å². The van der Waals surface area contributed by atoms with Gasteiger partial charge in [0.25, 0.3) is 0 Å². The second-order valence-corrected chi connectivity index (χ2v) is 11.0. The van der Waals surface area contributed by atoms with E-state index in [1.807, 2.05) is 13.8 Å². The van der Waals surface area contributed by atoms with Crippen molar-refractivity contribution in [1.82, 2.24) is 38.3 Å². The van der Waals surface area contributed by atoms with Gasteiger partial charge in [-0.2, -0.15) is 4.31 Å². The molecule has 4 heterocycles. The van der Waals surface area contributed by atoms with Gasteiger partial charge in [0.2, 0.25) is 10.0 Å². The number of hydrogen-bond acceptors (Lipinski definition) is 8. The molecule has 0 spiro atoms. The van der Waals surface area contributed by atoms with Crippen LogP contribution in [0.25, 0.3) is 28.2 Å². The molecule has 1 aliphatic heterocycles. The third kappa shape index (κ3) is 4.51. The maximum absolute atomic E-state index is 13.6. The van der Waals surface area contributed by atoms with Crippen molar-refractivity contribution in [3.63, 3.8) is 0 Å². The summed E-state index contributed by atoms with van der Waals surface area (Å²) in [6, 6.07) is 4.87. The summed E-state index contributed by atoms with van der Waals surface area (Å²) < 4.78 is 37.6. The minimum atomic E-state index is -3.71. The van der Waals surface area contributed by atoms with Gasteiger partial charge in [-0.1, -0.05) is 20.8 Å². The van der Waals surface area contributed by atoms with Gasteiger partial charge in [0, 0.05) is 32.7 Å².